The third-order valence-electron chi connectivity index (χ3n) is 6.10. The zero-order valence-corrected chi connectivity index (χ0v) is 17.4. The van der Waals surface area contributed by atoms with E-state index in [1.54, 1.807) is 0 Å². The molecule has 152 valence electrons. The second-order valence-corrected chi connectivity index (χ2v) is 7.94. The first kappa shape index (κ1) is 18.8. The van der Waals surface area contributed by atoms with E-state index in [4.69, 9.17) is 4.98 Å². The van der Waals surface area contributed by atoms with Crippen LogP contribution in [0.15, 0.2) is 67.4 Å². The monoisotopic (exact) mass is 398 g/mol. The Morgan fingerprint density at radius 1 is 1.00 bits per heavy atom. The number of anilines is 1. The van der Waals surface area contributed by atoms with Crippen LogP contribution in [0.1, 0.15) is 24.1 Å². The van der Waals surface area contributed by atoms with E-state index in [1.165, 1.54) is 5.56 Å². The minimum Gasteiger partial charge on any atom is -0.353 e. The van der Waals surface area contributed by atoms with Gasteiger partial charge in [-0.05, 0) is 31.0 Å². The lowest BCUT2D eigenvalue weighted by molar-refractivity contribution is 0.198. The van der Waals surface area contributed by atoms with Crippen LogP contribution in [0.2, 0.25) is 0 Å². The first-order valence-corrected chi connectivity index (χ1v) is 10.5. The topological polar surface area (TPSA) is 49.6 Å². The molecule has 0 bridgehead atoms. The van der Waals surface area contributed by atoms with E-state index >= 15 is 0 Å². The summed E-state index contributed by atoms with van der Waals surface area (Å²) in [5.41, 5.74) is 5.47. The number of imidazole rings is 1. The van der Waals surface area contributed by atoms with E-state index in [1.807, 2.05) is 29.2 Å². The highest BCUT2D eigenvalue weighted by Gasteiger charge is 2.23. The summed E-state index contributed by atoms with van der Waals surface area (Å²) in [6, 6.07) is 13.3. The van der Waals surface area contributed by atoms with E-state index in [-0.39, 0.29) is 0 Å². The molecule has 5 rings (SSSR count). The van der Waals surface area contributed by atoms with Crippen molar-refractivity contribution in [1.82, 2.24) is 24.3 Å². The summed E-state index contributed by atoms with van der Waals surface area (Å²) in [6.07, 6.45) is 9.59. The molecule has 0 radical (unpaired) electrons. The Morgan fingerprint density at radius 3 is 2.60 bits per heavy atom. The summed E-state index contributed by atoms with van der Waals surface area (Å²) >= 11 is 0. The van der Waals surface area contributed by atoms with Crippen LogP contribution in [0.3, 0.4) is 0 Å². The molecule has 0 spiro atoms. The predicted octanol–water partition coefficient (Wildman–Crippen LogP) is 3.98. The minimum absolute atomic E-state index is 0.426. The molecule has 1 aromatic carbocycles. The van der Waals surface area contributed by atoms with Crippen LogP contribution >= 0.6 is 0 Å². The van der Waals surface area contributed by atoms with Crippen LogP contribution in [-0.4, -0.2) is 50.4 Å². The standard InChI is InChI=1S/C24H26N6/c1-18-14-23-26-8-9-30(23)17-21(18)22-15-25-16-24(27-22)29-12-10-28(11-13-29)19(2)20-6-4-3-5-7-20/h3-9,14-17,19H,10-13H2,1-2H3. The predicted molar refractivity (Wildman–Crippen MR) is 120 cm³/mol. The van der Waals surface area contributed by atoms with Crippen molar-refractivity contribution in [2.24, 2.45) is 0 Å². The van der Waals surface area contributed by atoms with Crippen LogP contribution in [-0.2, 0) is 0 Å². The number of hydrogen-bond donors (Lipinski definition) is 0. The van der Waals surface area contributed by atoms with Gasteiger partial charge in [-0.2, -0.15) is 0 Å². The van der Waals surface area contributed by atoms with Gasteiger partial charge >= 0.3 is 0 Å². The van der Waals surface area contributed by atoms with Gasteiger partial charge in [-0.15, -0.1) is 0 Å². The molecule has 0 saturated carbocycles. The molecule has 30 heavy (non-hydrogen) atoms. The molecule has 4 heterocycles. The summed E-state index contributed by atoms with van der Waals surface area (Å²) in [7, 11) is 0. The fourth-order valence-corrected chi connectivity index (χ4v) is 4.24. The van der Waals surface area contributed by atoms with Crippen molar-refractivity contribution in [2.75, 3.05) is 31.1 Å². The first-order valence-electron chi connectivity index (χ1n) is 10.5. The van der Waals surface area contributed by atoms with Gasteiger partial charge in [0.2, 0.25) is 0 Å². The summed E-state index contributed by atoms with van der Waals surface area (Å²) in [4.78, 5) is 18.7. The molecule has 1 aliphatic heterocycles. The number of aryl methyl sites for hydroxylation is 1. The van der Waals surface area contributed by atoms with Gasteiger partial charge in [0.05, 0.1) is 18.1 Å². The highest BCUT2D eigenvalue weighted by Crippen LogP contribution is 2.26. The Hall–Kier alpha value is -3.25. The zero-order chi connectivity index (χ0) is 20.5. The van der Waals surface area contributed by atoms with E-state index in [9.17, 15) is 0 Å². The molecule has 0 aliphatic carbocycles. The summed E-state index contributed by atoms with van der Waals surface area (Å²) in [5.74, 6) is 0.949. The number of nitrogens with zero attached hydrogens (tertiary/aromatic N) is 6. The Kier molecular flexibility index (Phi) is 4.93. The molecule has 1 fully saturated rings. The molecular weight excluding hydrogens is 372 g/mol. The van der Waals surface area contributed by atoms with E-state index in [0.29, 0.717) is 6.04 Å². The lowest BCUT2D eigenvalue weighted by Crippen LogP contribution is -2.47. The molecule has 1 saturated heterocycles. The van der Waals surface area contributed by atoms with Gasteiger partial charge in [0, 0.05) is 56.4 Å². The number of benzene rings is 1. The second-order valence-electron chi connectivity index (χ2n) is 7.94. The van der Waals surface area contributed by atoms with Gasteiger partial charge < -0.3 is 9.30 Å². The summed E-state index contributed by atoms with van der Waals surface area (Å²) in [5, 5.41) is 0. The van der Waals surface area contributed by atoms with Gasteiger partial charge in [0.15, 0.2) is 0 Å². The van der Waals surface area contributed by atoms with Crippen LogP contribution in [0, 0.1) is 6.92 Å². The molecular formula is C24H26N6. The highest BCUT2D eigenvalue weighted by molar-refractivity contribution is 5.66. The number of rotatable bonds is 4. The largest absolute Gasteiger partial charge is 0.353 e. The van der Waals surface area contributed by atoms with Crippen molar-refractivity contribution in [1.29, 1.82) is 0 Å². The fraction of sp³-hybridized carbons (Fsp3) is 0.292. The number of fused-ring (bicyclic) bond motifs is 1. The van der Waals surface area contributed by atoms with Crippen molar-refractivity contribution < 1.29 is 0 Å². The quantitative estimate of drug-likeness (QED) is 0.520. The van der Waals surface area contributed by atoms with Crippen molar-refractivity contribution in [2.45, 2.75) is 19.9 Å². The van der Waals surface area contributed by atoms with Crippen molar-refractivity contribution in [3.8, 4) is 11.3 Å². The Bertz CT molecular complexity index is 1140. The van der Waals surface area contributed by atoms with E-state index < -0.39 is 0 Å². The van der Waals surface area contributed by atoms with Gasteiger partial charge in [-0.3, -0.25) is 9.88 Å². The van der Waals surface area contributed by atoms with Crippen molar-refractivity contribution in [3.63, 3.8) is 0 Å². The zero-order valence-electron chi connectivity index (χ0n) is 17.4. The fourth-order valence-electron chi connectivity index (χ4n) is 4.24. The summed E-state index contributed by atoms with van der Waals surface area (Å²) < 4.78 is 2.03. The van der Waals surface area contributed by atoms with E-state index in [0.717, 1.165) is 54.5 Å². The average molecular weight is 399 g/mol. The maximum atomic E-state index is 4.96. The number of aromatic nitrogens is 4. The number of pyridine rings is 1. The molecule has 1 atom stereocenters. The SMILES string of the molecule is Cc1cc2nccn2cc1-c1cncc(N2CCN(C(C)c3ccccc3)CC2)n1. The average Bonchev–Trinajstić information content (AvgIpc) is 3.26. The molecule has 6 nitrogen and oxygen atoms in total. The smallest absolute Gasteiger partial charge is 0.147 e. The van der Waals surface area contributed by atoms with Crippen LogP contribution in [0.4, 0.5) is 5.82 Å². The molecule has 3 aromatic heterocycles. The van der Waals surface area contributed by atoms with E-state index in [2.05, 4.69) is 76.2 Å². The lowest BCUT2D eigenvalue weighted by atomic mass is 10.1. The second kappa shape index (κ2) is 7.88. The van der Waals surface area contributed by atoms with Crippen molar-refractivity contribution >= 4 is 11.5 Å². The molecule has 0 N–H and O–H groups in total. The molecule has 0 amide bonds. The normalized spacial score (nSPS) is 16.1. The van der Waals surface area contributed by atoms with Gasteiger partial charge in [-0.25, -0.2) is 9.97 Å². The van der Waals surface area contributed by atoms with Crippen LogP contribution in [0.25, 0.3) is 16.9 Å². The maximum absolute atomic E-state index is 4.96. The number of piperazine rings is 1. The minimum atomic E-state index is 0.426. The Balaban J connectivity index is 1.33. The molecule has 6 heteroatoms. The third kappa shape index (κ3) is 3.55. The molecule has 1 aliphatic rings. The lowest BCUT2D eigenvalue weighted by Gasteiger charge is -2.38. The highest BCUT2D eigenvalue weighted by atomic mass is 15.3. The van der Waals surface area contributed by atoms with Gasteiger partial charge in [0.25, 0.3) is 0 Å². The first-order chi connectivity index (χ1) is 14.7. The molecule has 1 unspecified atom stereocenters. The maximum Gasteiger partial charge on any atom is 0.147 e. The van der Waals surface area contributed by atoms with Crippen molar-refractivity contribution in [3.05, 3.63) is 78.5 Å². The van der Waals surface area contributed by atoms with Crippen LogP contribution in [0.5, 0.6) is 0 Å². The number of hydrogen-bond acceptors (Lipinski definition) is 5. The van der Waals surface area contributed by atoms with Gasteiger partial charge in [0.1, 0.15) is 11.5 Å². The Labute approximate surface area is 176 Å². The van der Waals surface area contributed by atoms with Crippen LogP contribution < -0.4 is 4.90 Å². The Morgan fingerprint density at radius 2 is 1.80 bits per heavy atom. The third-order valence-corrected chi connectivity index (χ3v) is 6.10. The summed E-state index contributed by atoms with van der Waals surface area (Å²) in [6.45, 7) is 8.33. The van der Waals surface area contributed by atoms with Gasteiger partial charge in [-0.1, -0.05) is 30.3 Å². The molecule has 4 aromatic rings.